The zero-order chi connectivity index (χ0) is 11.5. The minimum absolute atomic E-state index is 0.00426. The van der Waals surface area contributed by atoms with Crippen molar-refractivity contribution in [1.29, 1.82) is 0 Å². The predicted molar refractivity (Wildman–Crippen MR) is 60.8 cm³/mol. The van der Waals surface area contributed by atoms with Crippen LogP contribution < -0.4 is 5.32 Å². The van der Waals surface area contributed by atoms with E-state index in [1.165, 1.54) is 12.8 Å². The SMILES string of the molecule is CC(=O)N(CC(=O)NC1CC1)C1CCCC1. The summed E-state index contributed by atoms with van der Waals surface area (Å²) in [6.07, 6.45) is 6.65. The number of carbonyl (C=O) groups is 2. The molecule has 4 nitrogen and oxygen atoms in total. The molecule has 2 rings (SSSR count). The Morgan fingerprint density at radius 1 is 1.19 bits per heavy atom. The third kappa shape index (κ3) is 2.97. The molecule has 1 N–H and O–H groups in total. The number of rotatable bonds is 4. The zero-order valence-corrected chi connectivity index (χ0v) is 9.87. The summed E-state index contributed by atoms with van der Waals surface area (Å²) in [6.45, 7) is 1.80. The molecule has 0 saturated heterocycles. The van der Waals surface area contributed by atoms with Crippen LogP contribution in [-0.2, 0) is 9.59 Å². The van der Waals surface area contributed by atoms with Gasteiger partial charge >= 0.3 is 0 Å². The van der Waals surface area contributed by atoms with E-state index in [2.05, 4.69) is 5.32 Å². The van der Waals surface area contributed by atoms with Gasteiger partial charge in [-0.05, 0) is 25.7 Å². The second-order valence-corrected chi connectivity index (χ2v) is 4.93. The highest BCUT2D eigenvalue weighted by Crippen LogP contribution is 2.23. The van der Waals surface area contributed by atoms with Gasteiger partial charge in [0.1, 0.15) is 0 Å². The third-order valence-electron chi connectivity index (χ3n) is 3.43. The van der Waals surface area contributed by atoms with E-state index >= 15 is 0 Å². The van der Waals surface area contributed by atoms with E-state index in [0.717, 1.165) is 25.7 Å². The molecule has 4 heteroatoms. The fourth-order valence-corrected chi connectivity index (χ4v) is 2.37. The maximum absolute atomic E-state index is 11.7. The van der Waals surface area contributed by atoms with Crippen LogP contribution in [0, 0.1) is 0 Å². The van der Waals surface area contributed by atoms with Crippen LogP contribution in [0.4, 0.5) is 0 Å². The van der Waals surface area contributed by atoms with E-state index in [4.69, 9.17) is 0 Å². The van der Waals surface area contributed by atoms with Gasteiger partial charge in [0.2, 0.25) is 11.8 Å². The maximum Gasteiger partial charge on any atom is 0.239 e. The van der Waals surface area contributed by atoms with Crippen LogP contribution in [0.15, 0.2) is 0 Å². The predicted octanol–water partition coefficient (Wildman–Crippen LogP) is 1.06. The minimum atomic E-state index is 0.00426. The fourth-order valence-electron chi connectivity index (χ4n) is 2.37. The topological polar surface area (TPSA) is 49.4 Å². The van der Waals surface area contributed by atoms with Gasteiger partial charge in [0.15, 0.2) is 0 Å². The Balaban J connectivity index is 1.85. The zero-order valence-electron chi connectivity index (χ0n) is 9.87. The van der Waals surface area contributed by atoms with Crippen LogP contribution >= 0.6 is 0 Å². The number of amides is 2. The smallest absolute Gasteiger partial charge is 0.239 e. The van der Waals surface area contributed by atoms with E-state index in [9.17, 15) is 9.59 Å². The van der Waals surface area contributed by atoms with Crippen molar-refractivity contribution in [2.45, 2.75) is 57.5 Å². The molecule has 0 spiro atoms. The molecule has 0 bridgehead atoms. The van der Waals surface area contributed by atoms with E-state index in [1.54, 1.807) is 11.8 Å². The van der Waals surface area contributed by atoms with E-state index in [1.807, 2.05) is 0 Å². The lowest BCUT2D eigenvalue weighted by Crippen LogP contribution is -2.45. The summed E-state index contributed by atoms with van der Waals surface area (Å²) in [6, 6.07) is 0.673. The summed E-state index contributed by atoms with van der Waals surface area (Å²) in [7, 11) is 0. The Bertz CT molecular complexity index is 281. The van der Waals surface area contributed by atoms with Gasteiger partial charge in [0.05, 0.1) is 6.54 Å². The van der Waals surface area contributed by atoms with Crippen molar-refractivity contribution < 1.29 is 9.59 Å². The molecule has 0 aromatic rings. The molecular weight excluding hydrogens is 204 g/mol. The molecule has 0 heterocycles. The summed E-state index contributed by atoms with van der Waals surface area (Å²) in [4.78, 5) is 24.9. The molecule has 16 heavy (non-hydrogen) atoms. The highest BCUT2D eigenvalue weighted by Gasteiger charge is 2.28. The molecular formula is C12H20N2O2. The molecule has 2 aliphatic carbocycles. The Labute approximate surface area is 96.4 Å². The lowest BCUT2D eigenvalue weighted by atomic mass is 10.2. The molecule has 0 aromatic heterocycles. The number of nitrogens with zero attached hydrogens (tertiary/aromatic N) is 1. The minimum Gasteiger partial charge on any atom is -0.352 e. The average molecular weight is 224 g/mol. The molecule has 0 unspecified atom stereocenters. The molecule has 2 saturated carbocycles. The Kier molecular flexibility index (Phi) is 3.46. The molecule has 2 aliphatic rings. The molecule has 0 aliphatic heterocycles. The first-order valence-electron chi connectivity index (χ1n) is 6.23. The molecule has 2 amide bonds. The largest absolute Gasteiger partial charge is 0.352 e. The molecule has 2 fully saturated rings. The number of hydrogen-bond acceptors (Lipinski definition) is 2. The van der Waals surface area contributed by atoms with Gasteiger partial charge in [-0.3, -0.25) is 9.59 Å². The average Bonchev–Trinajstić information content (AvgIpc) is 2.87. The van der Waals surface area contributed by atoms with Gasteiger partial charge in [0.25, 0.3) is 0 Å². The first-order chi connectivity index (χ1) is 7.66. The lowest BCUT2D eigenvalue weighted by Gasteiger charge is -2.27. The Hall–Kier alpha value is -1.06. The standard InChI is InChI=1S/C12H20N2O2/c1-9(15)14(11-4-2-3-5-11)8-12(16)13-10-6-7-10/h10-11H,2-8H2,1H3,(H,13,16). The van der Waals surface area contributed by atoms with Gasteiger partial charge in [0, 0.05) is 19.0 Å². The fraction of sp³-hybridized carbons (Fsp3) is 0.833. The van der Waals surface area contributed by atoms with Crippen LogP contribution in [0.3, 0.4) is 0 Å². The van der Waals surface area contributed by atoms with Crippen molar-refractivity contribution in [2.24, 2.45) is 0 Å². The van der Waals surface area contributed by atoms with Crippen LogP contribution in [0.1, 0.15) is 45.4 Å². The molecule has 0 aromatic carbocycles. The van der Waals surface area contributed by atoms with E-state index in [-0.39, 0.29) is 18.4 Å². The third-order valence-corrected chi connectivity index (χ3v) is 3.43. The van der Waals surface area contributed by atoms with Crippen molar-refractivity contribution in [3.63, 3.8) is 0 Å². The number of carbonyl (C=O) groups excluding carboxylic acids is 2. The van der Waals surface area contributed by atoms with Crippen molar-refractivity contribution in [3.05, 3.63) is 0 Å². The molecule has 0 radical (unpaired) electrons. The normalized spacial score (nSPS) is 20.8. The molecule has 0 atom stereocenters. The van der Waals surface area contributed by atoms with Crippen molar-refractivity contribution in [3.8, 4) is 0 Å². The van der Waals surface area contributed by atoms with Crippen molar-refractivity contribution >= 4 is 11.8 Å². The van der Waals surface area contributed by atoms with Crippen LogP contribution in [0.2, 0.25) is 0 Å². The van der Waals surface area contributed by atoms with Gasteiger partial charge in [-0.15, -0.1) is 0 Å². The number of nitrogens with one attached hydrogen (secondary N) is 1. The first kappa shape index (κ1) is 11.4. The van der Waals surface area contributed by atoms with Gasteiger partial charge in [-0.1, -0.05) is 12.8 Å². The van der Waals surface area contributed by atoms with E-state index in [0.29, 0.717) is 12.1 Å². The summed E-state index contributed by atoms with van der Waals surface area (Å²) < 4.78 is 0. The first-order valence-corrected chi connectivity index (χ1v) is 6.23. The summed E-state index contributed by atoms with van der Waals surface area (Å²) in [5.41, 5.74) is 0. The Morgan fingerprint density at radius 2 is 1.81 bits per heavy atom. The lowest BCUT2D eigenvalue weighted by molar-refractivity contribution is -0.136. The van der Waals surface area contributed by atoms with Crippen molar-refractivity contribution in [1.82, 2.24) is 10.2 Å². The van der Waals surface area contributed by atoms with Crippen LogP contribution in [0.5, 0.6) is 0 Å². The quantitative estimate of drug-likeness (QED) is 0.776. The monoisotopic (exact) mass is 224 g/mol. The Morgan fingerprint density at radius 3 is 2.31 bits per heavy atom. The van der Waals surface area contributed by atoms with Crippen LogP contribution in [-0.4, -0.2) is 35.3 Å². The highest BCUT2D eigenvalue weighted by atomic mass is 16.2. The van der Waals surface area contributed by atoms with Gasteiger partial charge in [-0.25, -0.2) is 0 Å². The summed E-state index contributed by atoms with van der Waals surface area (Å²) in [5, 5.41) is 2.93. The second kappa shape index (κ2) is 4.85. The maximum atomic E-state index is 11.7. The van der Waals surface area contributed by atoms with E-state index < -0.39 is 0 Å². The second-order valence-electron chi connectivity index (χ2n) is 4.93. The van der Waals surface area contributed by atoms with Gasteiger partial charge in [-0.2, -0.15) is 0 Å². The van der Waals surface area contributed by atoms with Crippen LogP contribution in [0.25, 0.3) is 0 Å². The van der Waals surface area contributed by atoms with Gasteiger partial charge < -0.3 is 10.2 Å². The number of hydrogen-bond donors (Lipinski definition) is 1. The van der Waals surface area contributed by atoms with Crippen molar-refractivity contribution in [2.75, 3.05) is 6.54 Å². The highest BCUT2D eigenvalue weighted by molar-refractivity contribution is 5.84. The summed E-state index contributed by atoms with van der Waals surface area (Å²) >= 11 is 0. The molecule has 90 valence electrons. The summed E-state index contributed by atoms with van der Waals surface area (Å²) in [5.74, 6) is 0.0300.